The first-order valence-corrected chi connectivity index (χ1v) is 8.62. The number of fused-ring (bicyclic) bond motifs is 1. The van der Waals surface area contributed by atoms with Crippen LogP contribution in [0.4, 0.5) is 0 Å². The van der Waals surface area contributed by atoms with Crippen molar-refractivity contribution in [3.05, 3.63) is 30.5 Å². The standard InChI is InChI=1S/C18H21NO7/c20-13-14(26-18(24,15(13)21)17(23)7-3-4-8-17)16(22)25-12-9-19-11-6-2-1-5-10(11)12/h1-2,5-6,9,13-15,19-21,23-24H,3-4,7-8H2/t13-,14+,15+,18+/m0/s1. The minimum atomic E-state index is -2.42. The largest absolute Gasteiger partial charge is 0.422 e. The van der Waals surface area contributed by atoms with E-state index in [1.165, 1.54) is 6.20 Å². The van der Waals surface area contributed by atoms with Crippen molar-refractivity contribution in [3.8, 4) is 5.75 Å². The number of rotatable bonds is 3. The second kappa shape index (κ2) is 6.04. The molecule has 8 nitrogen and oxygen atoms in total. The zero-order valence-corrected chi connectivity index (χ0v) is 14.0. The number of carbonyl (C=O) groups excluding carboxylic acids is 1. The number of hydrogen-bond acceptors (Lipinski definition) is 7. The van der Waals surface area contributed by atoms with Crippen LogP contribution in [0, 0.1) is 0 Å². The quantitative estimate of drug-likeness (QED) is 0.492. The maximum Gasteiger partial charge on any atom is 0.343 e. The lowest BCUT2D eigenvalue weighted by Crippen LogP contribution is -2.60. The number of aromatic amines is 1. The molecule has 140 valence electrons. The average molecular weight is 363 g/mol. The van der Waals surface area contributed by atoms with E-state index in [9.17, 15) is 25.2 Å². The summed E-state index contributed by atoms with van der Waals surface area (Å²) < 4.78 is 10.6. The topological polar surface area (TPSA) is 132 Å². The first-order chi connectivity index (χ1) is 12.4. The van der Waals surface area contributed by atoms with Gasteiger partial charge in [0.25, 0.3) is 0 Å². The van der Waals surface area contributed by atoms with Gasteiger partial charge in [0.1, 0.15) is 17.8 Å². The van der Waals surface area contributed by atoms with Crippen molar-refractivity contribution in [3.63, 3.8) is 0 Å². The molecule has 8 heteroatoms. The van der Waals surface area contributed by atoms with Gasteiger partial charge >= 0.3 is 5.97 Å². The van der Waals surface area contributed by atoms with Crippen molar-refractivity contribution in [1.82, 2.24) is 4.98 Å². The van der Waals surface area contributed by atoms with Gasteiger partial charge in [-0.05, 0) is 25.0 Å². The third-order valence-corrected chi connectivity index (χ3v) is 5.43. The molecule has 4 atom stereocenters. The maximum absolute atomic E-state index is 12.5. The summed E-state index contributed by atoms with van der Waals surface area (Å²) >= 11 is 0. The molecular weight excluding hydrogens is 342 g/mol. The van der Waals surface area contributed by atoms with Gasteiger partial charge in [0, 0.05) is 17.1 Å². The Morgan fingerprint density at radius 2 is 1.88 bits per heavy atom. The number of H-pyrrole nitrogens is 1. The van der Waals surface area contributed by atoms with Gasteiger partial charge in [-0.3, -0.25) is 0 Å². The molecule has 1 aliphatic carbocycles. The number of para-hydroxylation sites is 1. The summed E-state index contributed by atoms with van der Waals surface area (Å²) in [5.74, 6) is -3.14. The Balaban J connectivity index is 1.57. The predicted octanol–water partition coefficient (Wildman–Crippen LogP) is 0.188. The van der Waals surface area contributed by atoms with E-state index >= 15 is 0 Å². The lowest BCUT2D eigenvalue weighted by molar-refractivity contribution is -0.313. The van der Waals surface area contributed by atoms with Gasteiger partial charge in [0.05, 0.1) is 0 Å². The molecule has 1 saturated heterocycles. The molecule has 4 rings (SSSR count). The molecule has 0 unspecified atom stereocenters. The molecule has 2 heterocycles. The molecule has 5 N–H and O–H groups in total. The van der Waals surface area contributed by atoms with Gasteiger partial charge in [-0.25, -0.2) is 4.79 Å². The fraction of sp³-hybridized carbons (Fsp3) is 0.500. The number of hydrogen-bond donors (Lipinski definition) is 5. The molecule has 1 aliphatic heterocycles. The Bertz CT molecular complexity index is 828. The van der Waals surface area contributed by atoms with Crippen LogP contribution >= 0.6 is 0 Å². The van der Waals surface area contributed by atoms with Crippen LogP contribution in [-0.4, -0.2) is 61.1 Å². The highest BCUT2D eigenvalue weighted by molar-refractivity contribution is 5.89. The van der Waals surface area contributed by atoms with E-state index in [0.717, 1.165) is 5.52 Å². The minimum Gasteiger partial charge on any atom is -0.422 e. The Morgan fingerprint density at radius 1 is 1.19 bits per heavy atom. The highest BCUT2D eigenvalue weighted by atomic mass is 16.7. The van der Waals surface area contributed by atoms with Gasteiger partial charge in [-0.2, -0.15) is 0 Å². The van der Waals surface area contributed by atoms with Crippen molar-refractivity contribution < 1.29 is 34.7 Å². The zero-order chi connectivity index (χ0) is 18.5. The van der Waals surface area contributed by atoms with Crippen LogP contribution in [0.1, 0.15) is 25.7 Å². The first kappa shape index (κ1) is 17.4. The third kappa shape index (κ3) is 2.45. The number of aliphatic hydroxyl groups is 4. The molecule has 1 aromatic heterocycles. The van der Waals surface area contributed by atoms with Crippen molar-refractivity contribution in [1.29, 1.82) is 0 Å². The fourth-order valence-electron chi connectivity index (χ4n) is 3.92. The van der Waals surface area contributed by atoms with E-state index in [2.05, 4.69) is 4.98 Å². The summed E-state index contributed by atoms with van der Waals surface area (Å²) in [6.07, 6.45) is -1.96. The Hall–Kier alpha value is -1.97. The summed E-state index contributed by atoms with van der Waals surface area (Å²) in [6.45, 7) is 0. The average Bonchev–Trinajstić information content (AvgIpc) is 3.31. The molecule has 0 bridgehead atoms. The van der Waals surface area contributed by atoms with E-state index in [1.54, 1.807) is 12.1 Å². The number of carbonyl (C=O) groups is 1. The van der Waals surface area contributed by atoms with E-state index in [-0.39, 0.29) is 18.6 Å². The van der Waals surface area contributed by atoms with Gasteiger partial charge in [0.15, 0.2) is 11.9 Å². The molecule has 0 amide bonds. The van der Waals surface area contributed by atoms with Crippen molar-refractivity contribution in [2.75, 3.05) is 0 Å². The smallest absolute Gasteiger partial charge is 0.343 e. The normalized spacial score (nSPS) is 33.6. The monoisotopic (exact) mass is 363 g/mol. The number of aromatic nitrogens is 1. The third-order valence-electron chi connectivity index (χ3n) is 5.43. The first-order valence-electron chi connectivity index (χ1n) is 8.62. The van der Waals surface area contributed by atoms with Gasteiger partial charge in [-0.15, -0.1) is 0 Å². The second-order valence-corrected chi connectivity index (χ2v) is 7.03. The number of ether oxygens (including phenoxy) is 2. The number of benzene rings is 1. The minimum absolute atomic E-state index is 0.206. The molecule has 2 fully saturated rings. The van der Waals surface area contributed by atoms with Crippen LogP contribution in [0.5, 0.6) is 5.75 Å². The summed E-state index contributed by atoms with van der Waals surface area (Å²) in [6, 6.07) is 7.18. The summed E-state index contributed by atoms with van der Waals surface area (Å²) in [7, 11) is 0. The van der Waals surface area contributed by atoms with Crippen molar-refractivity contribution in [2.45, 2.75) is 55.4 Å². The maximum atomic E-state index is 12.5. The molecule has 2 aromatic rings. The number of nitrogens with one attached hydrogen (secondary N) is 1. The lowest BCUT2D eigenvalue weighted by Gasteiger charge is -2.39. The lowest BCUT2D eigenvalue weighted by atomic mass is 9.86. The Kier molecular flexibility index (Phi) is 4.05. The Morgan fingerprint density at radius 3 is 2.62 bits per heavy atom. The van der Waals surface area contributed by atoms with Gasteiger partial charge < -0.3 is 34.9 Å². The van der Waals surface area contributed by atoms with Crippen LogP contribution in [0.25, 0.3) is 10.9 Å². The van der Waals surface area contributed by atoms with E-state index in [0.29, 0.717) is 18.2 Å². The van der Waals surface area contributed by atoms with Crippen LogP contribution < -0.4 is 4.74 Å². The van der Waals surface area contributed by atoms with Crippen LogP contribution in [-0.2, 0) is 9.53 Å². The Labute approximate surface area is 149 Å². The van der Waals surface area contributed by atoms with Crippen LogP contribution in [0.15, 0.2) is 30.5 Å². The summed E-state index contributed by atoms with van der Waals surface area (Å²) in [4.78, 5) is 15.4. The molecular formula is C18H21NO7. The molecule has 2 aliphatic rings. The molecule has 1 saturated carbocycles. The van der Waals surface area contributed by atoms with Crippen molar-refractivity contribution >= 4 is 16.9 Å². The SMILES string of the molecule is O=C(Oc1c[nH]c2ccccc12)[C@@H]1O[C@@](O)(C2(O)CCCC2)[C@H](O)[C@H]1O. The van der Waals surface area contributed by atoms with Crippen LogP contribution in [0.3, 0.4) is 0 Å². The predicted molar refractivity (Wildman–Crippen MR) is 89.2 cm³/mol. The fourth-order valence-corrected chi connectivity index (χ4v) is 3.92. The number of aliphatic hydroxyl groups excluding tert-OH is 2. The number of esters is 1. The summed E-state index contributed by atoms with van der Waals surface area (Å²) in [5, 5.41) is 42.5. The molecule has 1 aromatic carbocycles. The van der Waals surface area contributed by atoms with Gasteiger partial charge in [-0.1, -0.05) is 25.0 Å². The van der Waals surface area contributed by atoms with Crippen molar-refractivity contribution in [2.24, 2.45) is 0 Å². The van der Waals surface area contributed by atoms with Gasteiger partial charge in [0.2, 0.25) is 5.79 Å². The highest BCUT2D eigenvalue weighted by Gasteiger charge is 2.66. The summed E-state index contributed by atoms with van der Waals surface area (Å²) in [5.41, 5.74) is -0.955. The zero-order valence-electron chi connectivity index (χ0n) is 14.0. The molecule has 0 radical (unpaired) electrons. The second-order valence-electron chi connectivity index (χ2n) is 7.03. The highest BCUT2D eigenvalue weighted by Crippen LogP contribution is 2.46. The molecule has 26 heavy (non-hydrogen) atoms. The van der Waals surface area contributed by atoms with Crippen LogP contribution in [0.2, 0.25) is 0 Å². The van der Waals surface area contributed by atoms with E-state index in [4.69, 9.17) is 9.47 Å². The van der Waals surface area contributed by atoms with E-state index in [1.807, 2.05) is 12.1 Å². The molecule has 0 spiro atoms. The van der Waals surface area contributed by atoms with E-state index < -0.39 is 35.7 Å².